The molecule has 2 aromatic carbocycles. The monoisotopic (exact) mass is 342 g/mol. The number of benzene rings is 2. The summed E-state index contributed by atoms with van der Waals surface area (Å²) in [6.45, 7) is 0.570. The summed E-state index contributed by atoms with van der Waals surface area (Å²) in [5, 5.41) is 0.683. The molecule has 0 saturated carbocycles. The van der Waals surface area contributed by atoms with Crippen LogP contribution in [0.15, 0.2) is 58.3 Å². The van der Waals surface area contributed by atoms with E-state index >= 15 is 0 Å². The minimum Gasteiger partial charge on any atom is -0.493 e. The molecule has 0 spiro atoms. The Bertz CT molecular complexity index is 680. The lowest BCUT2D eigenvalue weighted by atomic mass is 10.3. The first-order chi connectivity index (χ1) is 9.95. The van der Waals surface area contributed by atoms with Gasteiger partial charge in [-0.25, -0.2) is 8.42 Å². The summed E-state index contributed by atoms with van der Waals surface area (Å²) >= 11 is 7.41. The molecule has 112 valence electrons. The Balaban J connectivity index is 1.80. The largest absolute Gasteiger partial charge is 0.493 e. The van der Waals surface area contributed by atoms with Gasteiger partial charge in [-0.1, -0.05) is 11.6 Å². The average molecular weight is 343 g/mol. The van der Waals surface area contributed by atoms with Crippen molar-refractivity contribution in [3.63, 3.8) is 0 Å². The molecule has 2 aromatic rings. The van der Waals surface area contributed by atoms with Crippen molar-refractivity contribution >= 4 is 33.2 Å². The molecule has 0 aliphatic carbocycles. The van der Waals surface area contributed by atoms with Crippen molar-refractivity contribution < 1.29 is 13.2 Å². The summed E-state index contributed by atoms with van der Waals surface area (Å²) in [5.41, 5.74) is 0. The van der Waals surface area contributed by atoms with E-state index in [9.17, 15) is 8.42 Å². The SMILES string of the molecule is CS(=O)(=O)c1ccc(SCCOc2ccc(Cl)cc2)cc1. The zero-order chi connectivity index (χ0) is 15.3. The quantitative estimate of drug-likeness (QED) is 0.589. The Morgan fingerprint density at radius 2 is 1.67 bits per heavy atom. The fraction of sp³-hybridized carbons (Fsp3) is 0.200. The molecule has 0 N–H and O–H groups in total. The molecule has 0 atom stereocenters. The molecule has 0 heterocycles. The van der Waals surface area contributed by atoms with Gasteiger partial charge < -0.3 is 4.74 Å². The van der Waals surface area contributed by atoms with Gasteiger partial charge in [-0.05, 0) is 48.5 Å². The van der Waals surface area contributed by atoms with Crippen LogP contribution in [0.4, 0.5) is 0 Å². The highest BCUT2D eigenvalue weighted by Crippen LogP contribution is 2.21. The second kappa shape index (κ2) is 7.20. The molecule has 0 aromatic heterocycles. The lowest BCUT2D eigenvalue weighted by molar-refractivity contribution is 0.344. The summed E-state index contributed by atoms with van der Waals surface area (Å²) in [4.78, 5) is 1.35. The molecule has 0 aliphatic rings. The summed E-state index contributed by atoms with van der Waals surface area (Å²) < 4.78 is 28.3. The lowest BCUT2D eigenvalue weighted by Gasteiger charge is -2.06. The van der Waals surface area contributed by atoms with Gasteiger partial charge in [0.05, 0.1) is 11.5 Å². The van der Waals surface area contributed by atoms with E-state index < -0.39 is 9.84 Å². The van der Waals surface area contributed by atoms with Crippen LogP contribution in [0.1, 0.15) is 0 Å². The van der Waals surface area contributed by atoms with E-state index in [1.165, 1.54) is 6.26 Å². The zero-order valence-electron chi connectivity index (χ0n) is 11.5. The number of hydrogen-bond donors (Lipinski definition) is 0. The third kappa shape index (κ3) is 5.26. The average Bonchev–Trinajstić information content (AvgIpc) is 2.45. The van der Waals surface area contributed by atoms with Gasteiger partial charge in [0, 0.05) is 21.9 Å². The van der Waals surface area contributed by atoms with Crippen molar-refractivity contribution in [1.29, 1.82) is 0 Å². The van der Waals surface area contributed by atoms with Crippen LogP contribution in [0.25, 0.3) is 0 Å². The summed E-state index contributed by atoms with van der Waals surface area (Å²) in [5.74, 6) is 1.56. The Morgan fingerprint density at radius 3 is 2.24 bits per heavy atom. The molecule has 2 rings (SSSR count). The van der Waals surface area contributed by atoms with Crippen LogP contribution in [0, 0.1) is 0 Å². The third-order valence-corrected chi connectivity index (χ3v) is 5.04. The minimum atomic E-state index is -3.13. The second-order valence-electron chi connectivity index (χ2n) is 4.39. The van der Waals surface area contributed by atoms with E-state index in [0.29, 0.717) is 16.5 Å². The summed E-state index contributed by atoms with van der Waals surface area (Å²) in [6.07, 6.45) is 1.20. The molecule has 0 bridgehead atoms. The standard InChI is InChI=1S/C15H15ClO3S2/c1-21(17,18)15-8-6-14(7-9-15)20-11-10-19-13-4-2-12(16)3-5-13/h2-9H,10-11H2,1H3. The van der Waals surface area contributed by atoms with E-state index in [1.807, 2.05) is 24.3 Å². The van der Waals surface area contributed by atoms with Crippen molar-refractivity contribution in [1.82, 2.24) is 0 Å². The molecule has 0 aliphatic heterocycles. The van der Waals surface area contributed by atoms with Crippen LogP contribution in [0.5, 0.6) is 5.75 Å². The molecule has 0 radical (unpaired) electrons. The lowest BCUT2D eigenvalue weighted by Crippen LogP contribution is -2.00. The van der Waals surface area contributed by atoms with Gasteiger partial charge in [0.2, 0.25) is 0 Å². The number of sulfone groups is 1. The maximum absolute atomic E-state index is 11.3. The molecular formula is C15H15ClO3S2. The van der Waals surface area contributed by atoms with Gasteiger partial charge in [-0.3, -0.25) is 0 Å². The Labute approximate surface area is 134 Å². The first kappa shape index (κ1) is 16.2. The molecule has 0 saturated heterocycles. The highest BCUT2D eigenvalue weighted by molar-refractivity contribution is 7.99. The number of thioether (sulfide) groups is 1. The Hall–Kier alpha value is -1.17. The molecule has 6 heteroatoms. The van der Waals surface area contributed by atoms with E-state index in [2.05, 4.69) is 0 Å². The highest BCUT2D eigenvalue weighted by Gasteiger charge is 2.06. The maximum atomic E-state index is 11.3. The van der Waals surface area contributed by atoms with Gasteiger partial charge in [0.25, 0.3) is 0 Å². The van der Waals surface area contributed by atoms with Gasteiger partial charge in [0.1, 0.15) is 5.75 Å². The van der Waals surface area contributed by atoms with E-state index in [0.717, 1.165) is 16.4 Å². The predicted molar refractivity (Wildman–Crippen MR) is 87.2 cm³/mol. The first-order valence-electron chi connectivity index (χ1n) is 6.26. The summed E-state index contributed by atoms with van der Waals surface area (Å²) in [6, 6.07) is 14.1. The fourth-order valence-corrected chi connectivity index (χ4v) is 3.12. The maximum Gasteiger partial charge on any atom is 0.175 e. The van der Waals surface area contributed by atoms with Crippen molar-refractivity contribution in [3.05, 3.63) is 53.6 Å². The molecule has 0 fully saturated rings. The summed E-state index contributed by atoms with van der Waals surface area (Å²) in [7, 11) is -3.13. The van der Waals surface area contributed by atoms with Crippen LogP contribution in [0.3, 0.4) is 0 Å². The van der Waals surface area contributed by atoms with Gasteiger partial charge in [0.15, 0.2) is 9.84 Å². The van der Waals surface area contributed by atoms with Crippen LogP contribution in [0.2, 0.25) is 5.02 Å². The molecule has 0 unspecified atom stereocenters. The molecule has 0 amide bonds. The number of halogens is 1. The van der Waals surface area contributed by atoms with Crippen LogP contribution in [-0.2, 0) is 9.84 Å². The van der Waals surface area contributed by atoms with Gasteiger partial charge in [-0.2, -0.15) is 0 Å². The third-order valence-electron chi connectivity index (χ3n) is 2.69. The molecule has 21 heavy (non-hydrogen) atoms. The van der Waals surface area contributed by atoms with E-state index in [1.54, 1.807) is 36.0 Å². The zero-order valence-corrected chi connectivity index (χ0v) is 13.8. The predicted octanol–water partition coefficient (Wildman–Crippen LogP) is 3.91. The van der Waals surface area contributed by atoms with Gasteiger partial charge >= 0.3 is 0 Å². The van der Waals surface area contributed by atoms with E-state index in [-0.39, 0.29) is 0 Å². The van der Waals surface area contributed by atoms with Crippen LogP contribution >= 0.6 is 23.4 Å². The van der Waals surface area contributed by atoms with Crippen molar-refractivity contribution in [2.75, 3.05) is 18.6 Å². The van der Waals surface area contributed by atoms with Crippen LogP contribution < -0.4 is 4.74 Å². The normalized spacial score (nSPS) is 11.3. The Morgan fingerprint density at radius 1 is 1.05 bits per heavy atom. The second-order valence-corrected chi connectivity index (χ2v) is 8.01. The smallest absolute Gasteiger partial charge is 0.175 e. The highest BCUT2D eigenvalue weighted by atomic mass is 35.5. The topological polar surface area (TPSA) is 43.4 Å². The molecule has 3 nitrogen and oxygen atoms in total. The number of rotatable bonds is 6. The van der Waals surface area contributed by atoms with Gasteiger partial charge in [-0.15, -0.1) is 11.8 Å². The van der Waals surface area contributed by atoms with Crippen molar-refractivity contribution in [2.45, 2.75) is 9.79 Å². The van der Waals surface area contributed by atoms with E-state index in [4.69, 9.17) is 16.3 Å². The molecular weight excluding hydrogens is 328 g/mol. The fourth-order valence-electron chi connectivity index (χ4n) is 1.63. The van der Waals surface area contributed by atoms with Crippen LogP contribution in [-0.4, -0.2) is 27.0 Å². The first-order valence-corrected chi connectivity index (χ1v) is 9.52. The number of hydrogen-bond acceptors (Lipinski definition) is 4. The van der Waals surface area contributed by atoms with Crippen molar-refractivity contribution in [3.8, 4) is 5.75 Å². The number of ether oxygens (including phenoxy) is 1. The Kier molecular flexibility index (Phi) is 5.56. The van der Waals surface area contributed by atoms with Crippen molar-refractivity contribution in [2.24, 2.45) is 0 Å². The minimum absolute atomic E-state index is 0.337.